The van der Waals surface area contributed by atoms with Crippen LogP contribution in [-0.2, 0) is 26.2 Å². The molecule has 0 aliphatic heterocycles. The second kappa shape index (κ2) is 12.8. The number of rotatable bonds is 11. The molecule has 2 aromatic rings. The molecular weight excluding hydrogens is 521 g/mol. The Kier molecular flexibility index (Phi) is 10.6. The third kappa shape index (κ3) is 7.60. The molecule has 1 N–H and O–H groups in total. The Morgan fingerprint density at radius 1 is 1.03 bits per heavy atom. The largest absolute Gasteiger partial charge is 0.352 e. The van der Waals surface area contributed by atoms with Gasteiger partial charge in [-0.2, -0.15) is 0 Å². The summed E-state index contributed by atoms with van der Waals surface area (Å²) in [4.78, 5) is 28.4. The van der Waals surface area contributed by atoms with Crippen LogP contribution in [0.2, 0.25) is 10.0 Å². The summed E-state index contributed by atoms with van der Waals surface area (Å²) in [5.41, 5.74) is 2.50. The summed E-state index contributed by atoms with van der Waals surface area (Å²) < 4.78 is 26.8. The monoisotopic (exact) mass is 555 g/mol. The van der Waals surface area contributed by atoms with Gasteiger partial charge in [0.25, 0.3) is 0 Å². The molecule has 0 unspecified atom stereocenters. The van der Waals surface area contributed by atoms with E-state index in [1.807, 2.05) is 26.8 Å². The van der Waals surface area contributed by atoms with Crippen molar-refractivity contribution in [3.8, 4) is 0 Å². The zero-order valence-corrected chi connectivity index (χ0v) is 24.0. The van der Waals surface area contributed by atoms with E-state index in [0.29, 0.717) is 27.7 Å². The second-order valence-corrected chi connectivity index (χ2v) is 11.8. The van der Waals surface area contributed by atoms with Crippen molar-refractivity contribution >= 4 is 50.7 Å². The zero-order chi connectivity index (χ0) is 27.2. The Hall–Kier alpha value is -2.29. The maximum absolute atomic E-state index is 13.8. The van der Waals surface area contributed by atoms with E-state index >= 15 is 0 Å². The molecule has 2 aromatic carbocycles. The quantitative estimate of drug-likeness (QED) is 0.418. The number of carbonyl (C=O) groups is 2. The molecule has 0 spiro atoms. The molecular formula is C26H35Cl2N3O4S. The minimum Gasteiger partial charge on any atom is -0.352 e. The average molecular weight is 557 g/mol. The highest BCUT2D eigenvalue weighted by Crippen LogP contribution is 2.28. The Morgan fingerprint density at radius 2 is 1.64 bits per heavy atom. The molecule has 0 saturated carbocycles. The highest BCUT2D eigenvalue weighted by atomic mass is 35.5. The fourth-order valence-electron chi connectivity index (χ4n) is 3.97. The number of carbonyl (C=O) groups excluding carboxylic acids is 2. The number of nitrogens with zero attached hydrogens (tertiary/aromatic N) is 2. The SMILES string of the molecule is CC[C@@H](C)NC(=O)[C@@H](CC)N(Cc1ccc(Cl)cc1Cl)C(=O)CN(c1c(C)cccc1C)S(C)(=O)=O. The first-order valence-corrected chi connectivity index (χ1v) is 14.5. The highest BCUT2D eigenvalue weighted by Gasteiger charge is 2.33. The molecule has 0 aliphatic carbocycles. The van der Waals surface area contributed by atoms with Gasteiger partial charge in [0.15, 0.2) is 0 Å². The van der Waals surface area contributed by atoms with E-state index in [1.54, 1.807) is 44.2 Å². The van der Waals surface area contributed by atoms with Crippen LogP contribution in [0, 0.1) is 13.8 Å². The molecule has 0 saturated heterocycles. The molecule has 0 heterocycles. The molecule has 0 aliphatic rings. The number of aryl methyl sites for hydroxylation is 2. The fraction of sp³-hybridized carbons (Fsp3) is 0.462. The minimum absolute atomic E-state index is 0.0195. The number of nitrogens with one attached hydrogen (secondary N) is 1. The summed E-state index contributed by atoms with van der Waals surface area (Å²) in [5.74, 6) is -0.816. The topological polar surface area (TPSA) is 86.8 Å². The molecule has 198 valence electrons. The molecule has 36 heavy (non-hydrogen) atoms. The summed E-state index contributed by atoms with van der Waals surface area (Å²) in [6.07, 6.45) is 2.13. The predicted octanol–water partition coefficient (Wildman–Crippen LogP) is 5.10. The molecule has 2 rings (SSSR count). The number of hydrogen-bond donors (Lipinski definition) is 1. The van der Waals surface area contributed by atoms with Gasteiger partial charge in [-0.15, -0.1) is 0 Å². The van der Waals surface area contributed by atoms with Crippen molar-refractivity contribution in [1.29, 1.82) is 0 Å². The number of anilines is 1. The van der Waals surface area contributed by atoms with Crippen molar-refractivity contribution in [1.82, 2.24) is 10.2 Å². The van der Waals surface area contributed by atoms with Gasteiger partial charge in [-0.25, -0.2) is 8.42 Å². The average Bonchev–Trinajstić information content (AvgIpc) is 2.78. The summed E-state index contributed by atoms with van der Waals surface area (Å²) in [6, 6.07) is 9.45. The normalized spacial score (nSPS) is 13.1. The molecule has 2 atom stereocenters. The molecule has 0 radical (unpaired) electrons. The lowest BCUT2D eigenvalue weighted by atomic mass is 10.1. The van der Waals surface area contributed by atoms with Crippen LogP contribution in [0.5, 0.6) is 0 Å². The summed E-state index contributed by atoms with van der Waals surface area (Å²) in [6.45, 7) is 8.81. The van der Waals surface area contributed by atoms with E-state index < -0.39 is 28.5 Å². The highest BCUT2D eigenvalue weighted by molar-refractivity contribution is 7.92. The van der Waals surface area contributed by atoms with Crippen LogP contribution in [0.25, 0.3) is 0 Å². The Labute approximate surface area is 224 Å². The zero-order valence-electron chi connectivity index (χ0n) is 21.6. The number of sulfonamides is 1. The Bertz CT molecular complexity index is 1180. The van der Waals surface area contributed by atoms with Crippen molar-refractivity contribution in [3.05, 3.63) is 63.1 Å². The fourth-order valence-corrected chi connectivity index (χ4v) is 5.40. The van der Waals surface area contributed by atoms with Crippen molar-refractivity contribution in [2.75, 3.05) is 17.1 Å². The maximum atomic E-state index is 13.8. The molecule has 2 amide bonds. The van der Waals surface area contributed by atoms with Crippen LogP contribution >= 0.6 is 23.2 Å². The van der Waals surface area contributed by atoms with Gasteiger partial charge in [0.2, 0.25) is 21.8 Å². The van der Waals surface area contributed by atoms with Crippen LogP contribution in [0.3, 0.4) is 0 Å². The number of halogens is 2. The molecule has 7 nitrogen and oxygen atoms in total. The number of hydrogen-bond acceptors (Lipinski definition) is 4. The lowest BCUT2D eigenvalue weighted by molar-refractivity contribution is -0.140. The van der Waals surface area contributed by atoms with Gasteiger partial charge in [-0.1, -0.05) is 61.3 Å². The first-order valence-electron chi connectivity index (χ1n) is 11.9. The van der Waals surface area contributed by atoms with E-state index in [1.165, 1.54) is 4.90 Å². The van der Waals surface area contributed by atoms with Crippen LogP contribution in [0.15, 0.2) is 36.4 Å². The van der Waals surface area contributed by atoms with Gasteiger partial charge in [0.1, 0.15) is 12.6 Å². The van der Waals surface area contributed by atoms with E-state index in [0.717, 1.165) is 28.1 Å². The van der Waals surface area contributed by atoms with E-state index in [-0.39, 0.29) is 18.5 Å². The third-order valence-electron chi connectivity index (χ3n) is 6.11. The van der Waals surface area contributed by atoms with Gasteiger partial charge in [0.05, 0.1) is 11.9 Å². The van der Waals surface area contributed by atoms with E-state index in [2.05, 4.69) is 5.32 Å². The summed E-state index contributed by atoms with van der Waals surface area (Å²) in [5, 5.41) is 3.74. The summed E-state index contributed by atoms with van der Waals surface area (Å²) >= 11 is 12.4. The van der Waals surface area contributed by atoms with Crippen LogP contribution < -0.4 is 9.62 Å². The van der Waals surface area contributed by atoms with Gasteiger partial charge in [0, 0.05) is 22.6 Å². The lowest BCUT2D eigenvalue weighted by Gasteiger charge is -2.34. The van der Waals surface area contributed by atoms with Crippen LogP contribution in [0.4, 0.5) is 5.69 Å². The molecule has 0 bridgehead atoms. The van der Waals surface area contributed by atoms with Crippen LogP contribution in [-0.4, -0.2) is 50.0 Å². The Morgan fingerprint density at radius 3 is 2.14 bits per heavy atom. The maximum Gasteiger partial charge on any atom is 0.244 e. The van der Waals surface area contributed by atoms with Crippen LogP contribution in [0.1, 0.15) is 50.3 Å². The first-order chi connectivity index (χ1) is 16.8. The molecule has 0 fully saturated rings. The van der Waals surface area contributed by atoms with Crippen molar-refractivity contribution in [2.24, 2.45) is 0 Å². The second-order valence-electron chi connectivity index (χ2n) is 9.01. The summed E-state index contributed by atoms with van der Waals surface area (Å²) in [7, 11) is -3.81. The third-order valence-corrected chi connectivity index (χ3v) is 7.81. The first kappa shape index (κ1) is 29.9. The van der Waals surface area contributed by atoms with Gasteiger partial charge < -0.3 is 10.2 Å². The molecule has 0 aromatic heterocycles. The lowest BCUT2D eigenvalue weighted by Crippen LogP contribution is -2.53. The minimum atomic E-state index is -3.81. The van der Waals surface area contributed by atoms with E-state index in [9.17, 15) is 18.0 Å². The number of amides is 2. The van der Waals surface area contributed by atoms with Crippen molar-refractivity contribution in [2.45, 2.75) is 66.1 Å². The van der Waals surface area contributed by atoms with Gasteiger partial charge in [-0.3, -0.25) is 13.9 Å². The van der Waals surface area contributed by atoms with Crippen molar-refractivity contribution < 1.29 is 18.0 Å². The smallest absolute Gasteiger partial charge is 0.244 e. The number of benzene rings is 2. The number of para-hydroxylation sites is 1. The standard InChI is InChI=1S/C26H35Cl2N3O4S/c1-7-19(5)29-26(33)23(8-2)30(15-20-12-13-21(27)14-22(20)28)24(32)16-31(36(6,34)35)25-17(3)10-9-11-18(25)4/h9-14,19,23H,7-8,15-16H2,1-6H3,(H,29,33)/t19-,23-/m1/s1. The Balaban J connectivity index is 2.53. The van der Waals surface area contributed by atoms with Crippen molar-refractivity contribution in [3.63, 3.8) is 0 Å². The molecule has 10 heteroatoms. The van der Waals surface area contributed by atoms with Gasteiger partial charge in [-0.05, 0) is 62.4 Å². The van der Waals surface area contributed by atoms with Gasteiger partial charge >= 0.3 is 0 Å². The predicted molar refractivity (Wildman–Crippen MR) is 147 cm³/mol. The van der Waals surface area contributed by atoms with E-state index in [4.69, 9.17) is 23.2 Å².